The van der Waals surface area contributed by atoms with Crippen molar-refractivity contribution < 1.29 is 4.74 Å². The molecule has 1 rings (SSSR count). The average Bonchev–Trinajstić information content (AvgIpc) is 2.69. The number of rotatable bonds is 9. The summed E-state index contributed by atoms with van der Waals surface area (Å²) in [7, 11) is 0. The molecule has 1 unspecified atom stereocenters. The highest BCUT2D eigenvalue weighted by atomic mass is 79.9. The Morgan fingerprint density at radius 3 is 2.68 bits per heavy atom. The maximum Gasteiger partial charge on any atom is 0.0738 e. The maximum absolute atomic E-state index is 5.58. The van der Waals surface area contributed by atoms with Gasteiger partial charge in [0.25, 0.3) is 0 Å². The highest BCUT2D eigenvalue weighted by Crippen LogP contribution is 2.22. The van der Waals surface area contributed by atoms with E-state index in [1.54, 1.807) is 0 Å². The Kier molecular flexibility index (Phi) is 7.64. The van der Waals surface area contributed by atoms with E-state index in [4.69, 9.17) is 4.74 Å². The lowest BCUT2D eigenvalue weighted by atomic mass is 10.1. The number of aromatic nitrogens is 2. The van der Waals surface area contributed by atoms with Crippen LogP contribution in [0, 0.1) is 6.92 Å². The minimum Gasteiger partial charge on any atom is -0.380 e. The van der Waals surface area contributed by atoms with Gasteiger partial charge in [-0.1, -0.05) is 6.92 Å². The molecule has 4 nitrogen and oxygen atoms in total. The van der Waals surface area contributed by atoms with E-state index in [9.17, 15) is 0 Å². The molecule has 0 radical (unpaired) electrons. The van der Waals surface area contributed by atoms with Gasteiger partial charge < -0.3 is 10.1 Å². The standard InChI is InChI=1S/C14H26BrN3O/c1-5-8-16-12(10-19-7-3)9-13-14(15)11(4)17-18(13)6-2/h12,16H,5-10H2,1-4H3. The second-order valence-corrected chi connectivity index (χ2v) is 5.47. The van der Waals surface area contributed by atoms with Crippen LogP contribution in [0.2, 0.25) is 0 Å². The van der Waals surface area contributed by atoms with Crippen LogP contribution in [0.25, 0.3) is 0 Å². The molecule has 1 aromatic heterocycles. The SMILES string of the molecule is CCCNC(COCC)Cc1c(Br)c(C)nn1CC. The van der Waals surface area contributed by atoms with E-state index in [1.807, 2.05) is 13.8 Å². The molecule has 1 aromatic rings. The number of nitrogens with one attached hydrogen (secondary N) is 1. The van der Waals surface area contributed by atoms with E-state index in [2.05, 4.69) is 44.9 Å². The fraction of sp³-hybridized carbons (Fsp3) is 0.786. The third-order valence-electron chi connectivity index (χ3n) is 3.10. The summed E-state index contributed by atoms with van der Waals surface area (Å²) in [5, 5.41) is 8.10. The van der Waals surface area contributed by atoms with Crippen LogP contribution in [-0.4, -0.2) is 35.6 Å². The highest BCUT2D eigenvalue weighted by Gasteiger charge is 2.17. The minimum absolute atomic E-state index is 0.345. The van der Waals surface area contributed by atoms with Gasteiger partial charge in [0.05, 0.1) is 22.5 Å². The third kappa shape index (κ3) is 4.89. The largest absolute Gasteiger partial charge is 0.380 e. The summed E-state index contributed by atoms with van der Waals surface area (Å²) in [6.07, 6.45) is 2.07. The Morgan fingerprint density at radius 1 is 1.37 bits per heavy atom. The van der Waals surface area contributed by atoms with Gasteiger partial charge in [0.15, 0.2) is 0 Å². The van der Waals surface area contributed by atoms with E-state index < -0.39 is 0 Å². The van der Waals surface area contributed by atoms with Crippen LogP contribution >= 0.6 is 15.9 Å². The first-order valence-electron chi connectivity index (χ1n) is 7.16. The van der Waals surface area contributed by atoms with Crippen molar-refractivity contribution in [3.05, 3.63) is 15.9 Å². The Morgan fingerprint density at radius 2 is 2.11 bits per heavy atom. The number of nitrogens with zero attached hydrogens (tertiary/aromatic N) is 2. The van der Waals surface area contributed by atoms with Gasteiger partial charge >= 0.3 is 0 Å². The molecule has 1 N–H and O–H groups in total. The predicted molar refractivity (Wildman–Crippen MR) is 82.6 cm³/mol. The first-order chi connectivity index (χ1) is 9.13. The molecule has 0 saturated carbocycles. The van der Waals surface area contributed by atoms with Crippen LogP contribution in [0.15, 0.2) is 4.47 Å². The molecule has 110 valence electrons. The monoisotopic (exact) mass is 331 g/mol. The summed E-state index contributed by atoms with van der Waals surface area (Å²) in [5.74, 6) is 0. The van der Waals surface area contributed by atoms with Crippen molar-refractivity contribution in [1.82, 2.24) is 15.1 Å². The lowest BCUT2D eigenvalue weighted by Gasteiger charge is -2.19. The summed E-state index contributed by atoms with van der Waals surface area (Å²) < 4.78 is 8.79. The summed E-state index contributed by atoms with van der Waals surface area (Å²) in [4.78, 5) is 0. The van der Waals surface area contributed by atoms with Gasteiger partial charge in [-0.3, -0.25) is 4.68 Å². The predicted octanol–water partition coefficient (Wildman–Crippen LogP) is 2.92. The molecule has 1 heterocycles. The molecule has 0 aliphatic heterocycles. The van der Waals surface area contributed by atoms with Crippen molar-refractivity contribution in [2.45, 2.75) is 53.1 Å². The topological polar surface area (TPSA) is 39.1 Å². The van der Waals surface area contributed by atoms with Gasteiger partial charge in [0.2, 0.25) is 0 Å². The lowest BCUT2D eigenvalue weighted by Crippen LogP contribution is -2.36. The van der Waals surface area contributed by atoms with Crippen LogP contribution in [-0.2, 0) is 17.7 Å². The molecule has 0 aromatic carbocycles. The van der Waals surface area contributed by atoms with E-state index >= 15 is 0 Å². The van der Waals surface area contributed by atoms with Gasteiger partial charge in [0.1, 0.15) is 0 Å². The van der Waals surface area contributed by atoms with Gasteiger partial charge in [0, 0.05) is 25.6 Å². The number of hydrogen-bond acceptors (Lipinski definition) is 3. The first kappa shape index (κ1) is 16.7. The molecule has 0 aliphatic carbocycles. The van der Waals surface area contributed by atoms with E-state index in [-0.39, 0.29) is 0 Å². The summed E-state index contributed by atoms with van der Waals surface area (Å²) >= 11 is 3.65. The van der Waals surface area contributed by atoms with Crippen molar-refractivity contribution in [1.29, 1.82) is 0 Å². The van der Waals surface area contributed by atoms with Crippen molar-refractivity contribution in [3.8, 4) is 0 Å². The van der Waals surface area contributed by atoms with Crippen LogP contribution in [0.3, 0.4) is 0 Å². The zero-order valence-electron chi connectivity index (χ0n) is 12.5. The van der Waals surface area contributed by atoms with Crippen LogP contribution in [0.5, 0.6) is 0 Å². The third-order valence-corrected chi connectivity index (χ3v) is 4.13. The molecule has 0 amide bonds. The van der Waals surface area contributed by atoms with Crippen LogP contribution in [0.4, 0.5) is 0 Å². The Labute approximate surface area is 125 Å². The molecule has 0 bridgehead atoms. The fourth-order valence-corrected chi connectivity index (χ4v) is 2.54. The summed E-state index contributed by atoms with van der Waals surface area (Å²) in [6.45, 7) is 11.8. The molecule has 0 fully saturated rings. The number of halogens is 1. The summed E-state index contributed by atoms with van der Waals surface area (Å²) in [5.41, 5.74) is 2.32. The van der Waals surface area contributed by atoms with Gasteiger partial charge in [-0.15, -0.1) is 0 Å². The quantitative estimate of drug-likeness (QED) is 0.756. The zero-order valence-corrected chi connectivity index (χ0v) is 14.1. The van der Waals surface area contributed by atoms with E-state index in [1.165, 1.54) is 5.69 Å². The molecule has 0 saturated heterocycles. The van der Waals surface area contributed by atoms with Crippen LogP contribution in [0.1, 0.15) is 38.6 Å². The Bertz CT molecular complexity index is 371. The van der Waals surface area contributed by atoms with Gasteiger partial charge in [-0.25, -0.2) is 0 Å². The van der Waals surface area contributed by atoms with Crippen molar-refractivity contribution in [3.63, 3.8) is 0 Å². The average molecular weight is 332 g/mol. The highest BCUT2D eigenvalue weighted by molar-refractivity contribution is 9.10. The van der Waals surface area contributed by atoms with Crippen molar-refractivity contribution >= 4 is 15.9 Å². The Hall–Kier alpha value is -0.390. The van der Waals surface area contributed by atoms with Gasteiger partial charge in [-0.05, 0) is 49.7 Å². The molecule has 5 heteroatoms. The molecule has 0 spiro atoms. The first-order valence-corrected chi connectivity index (χ1v) is 7.96. The zero-order chi connectivity index (χ0) is 14.3. The second-order valence-electron chi connectivity index (χ2n) is 4.68. The molecule has 1 atom stereocenters. The van der Waals surface area contributed by atoms with Crippen molar-refractivity contribution in [2.24, 2.45) is 0 Å². The molecule has 0 aliphatic rings. The fourth-order valence-electron chi connectivity index (χ4n) is 2.10. The number of aryl methyl sites for hydroxylation is 2. The second kappa shape index (κ2) is 8.72. The summed E-state index contributed by atoms with van der Waals surface area (Å²) in [6, 6.07) is 0.345. The molecular weight excluding hydrogens is 306 g/mol. The van der Waals surface area contributed by atoms with Gasteiger partial charge in [-0.2, -0.15) is 5.10 Å². The van der Waals surface area contributed by atoms with Crippen LogP contribution < -0.4 is 5.32 Å². The minimum atomic E-state index is 0.345. The van der Waals surface area contributed by atoms with Crippen molar-refractivity contribution in [2.75, 3.05) is 19.8 Å². The smallest absolute Gasteiger partial charge is 0.0738 e. The maximum atomic E-state index is 5.58. The lowest BCUT2D eigenvalue weighted by molar-refractivity contribution is 0.122. The number of ether oxygens (including phenoxy) is 1. The molecule has 19 heavy (non-hydrogen) atoms. The van der Waals surface area contributed by atoms with E-state index in [0.29, 0.717) is 6.04 Å². The number of hydrogen-bond donors (Lipinski definition) is 1. The Balaban J connectivity index is 2.76. The van der Waals surface area contributed by atoms with E-state index in [0.717, 1.165) is 49.3 Å². The normalized spacial score (nSPS) is 12.9. The molecular formula is C14H26BrN3O.